The van der Waals surface area contributed by atoms with Crippen molar-refractivity contribution in [2.75, 3.05) is 0 Å². The Balaban J connectivity index is 1.97. The SMILES string of the molecule is Cc1ccc(-n2nc(C(=O)CC#N)c3c2-c2ccccc2OC3)cc1. The van der Waals surface area contributed by atoms with Crippen molar-refractivity contribution in [2.45, 2.75) is 20.0 Å². The largest absolute Gasteiger partial charge is 0.488 e. The van der Waals surface area contributed by atoms with Crippen LogP contribution in [0.4, 0.5) is 0 Å². The molecule has 0 spiro atoms. The lowest BCUT2D eigenvalue weighted by Gasteiger charge is -2.19. The quantitative estimate of drug-likeness (QED) is 0.685. The fourth-order valence-corrected chi connectivity index (χ4v) is 3.05. The summed E-state index contributed by atoms with van der Waals surface area (Å²) in [5.74, 6) is 0.482. The number of aromatic nitrogens is 2. The lowest BCUT2D eigenvalue weighted by Crippen LogP contribution is -2.09. The number of rotatable bonds is 3. The summed E-state index contributed by atoms with van der Waals surface area (Å²) in [6.45, 7) is 2.29. The summed E-state index contributed by atoms with van der Waals surface area (Å²) in [5, 5.41) is 13.4. The van der Waals surface area contributed by atoms with E-state index >= 15 is 0 Å². The highest BCUT2D eigenvalue weighted by Gasteiger charge is 2.29. The number of para-hydroxylation sites is 1. The zero-order valence-corrected chi connectivity index (χ0v) is 13.7. The van der Waals surface area contributed by atoms with E-state index in [9.17, 15) is 4.79 Å². The van der Waals surface area contributed by atoms with Crippen LogP contribution in [-0.4, -0.2) is 15.6 Å². The molecule has 0 saturated heterocycles. The van der Waals surface area contributed by atoms with E-state index in [1.165, 1.54) is 0 Å². The van der Waals surface area contributed by atoms with E-state index in [-0.39, 0.29) is 18.8 Å². The van der Waals surface area contributed by atoms with Gasteiger partial charge in [0.2, 0.25) is 0 Å². The molecule has 0 fully saturated rings. The summed E-state index contributed by atoms with van der Waals surface area (Å²) in [6, 6.07) is 17.6. The van der Waals surface area contributed by atoms with Gasteiger partial charge >= 0.3 is 0 Å². The molecule has 0 aliphatic carbocycles. The second kappa shape index (κ2) is 5.91. The van der Waals surface area contributed by atoms with Crippen LogP contribution in [-0.2, 0) is 6.61 Å². The Hall–Kier alpha value is -3.39. The molecule has 0 N–H and O–H groups in total. The zero-order chi connectivity index (χ0) is 17.4. The number of hydrogen-bond donors (Lipinski definition) is 0. The van der Waals surface area contributed by atoms with E-state index in [1.807, 2.05) is 61.5 Å². The summed E-state index contributed by atoms with van der Waals surface area (Å²) >= 11 is 0. The highest BCUT2D eigenvalue weighted by Crippen LogP contribution is 2.40. The van der Waals surface area contributed by atoms with Gasteiger partial charge in [-0.3, -0.25) is 4.79 Å². The molecule has 5 nitrogen and oxygen atoms in total. The fourth-order valence-electron chi connectivity index (χ4n) is 3.05. The van der Waals surface area contributed by atoms with Gasteiger partial charge in [-0.15, -0.1) is 0 Å². The van der Waals surface area contributed by atoms with Crippen molar-refractivity contribution in [3.05, 3.63) is 65.4 Å². The number of nitriles is 1. The number of hydrogen-bond acceptors (Lipinski definition) is 4. The van der Waals surface area contributed by atoms with E-state index in [1.54, 1.807) is 4.68 Å². The molecule has 0 radical (unpaired) electrons. The van der Waals surface area contributed by atoms with Crippen LogP contribution in [0.3, 0.4) is 0 Å². The Labute approximate surface area is 145 Å². The minimum absolute atomic E-state index is 0.195. The number of nitrogens with zero attached hydrogens (tertiary/aromatic N) is 3. The van der Waals surface area contributed by atoms with E-state index in [0.29, 0.717) is 5.69 Å². The van der Waals surface area contributed by atoms with Crippen molar-refractivity contribution in [1.82, 2.24) is 9.78 Å². The maximum absolute atomic E-state index is 12.4. The fraction of sp³-hybridized carbons (Fsp3) is 0.150. The molecule has 0 saturated carbocycles. The maximum atomic E-state index is 12.4. The third-order valence-electron chi connectivity index (χ3n) is 4.28. The van der Waals surface area contributed by atoms with E-state index in [4.69, 9.17) is 10.00 Å². The first-order chi connectivity index (χ1) is 12.2. The molecule has 0 amide bonds. The van der Waals surface area contributed by atoms with Gasteiger partial charge in [0.15, 0.2) is 5.78 Å². The van der Waals surface area contributed by atoms with Crippen LogP contribution in [0, 0.1) is 18.3 Å². The predicted octanol–water partition coefficient (Wildman–Crippen LogP) is 3.84. The van der Waals surface area contributed by atoms with Crippen LogP contribution in [0.25, 0.3) is 16.9 Å². The minimum Gasteiger partial charge on any atom is -0.488 e. The van der Waals surface area contributed by atoms with Gasteiger partial charge < -0.3 is 4.74 Å². The lowest BCUT2D eigenvalue weighted by molar-refractivity contribution is 0.0990. The molecule has 1 aromatic heterocycles. The number of aryl methyl sites for hydroxylation is 1. The first-order valence-electron chi connectivity index (χ1n) is 8.00. The Morgan fingerprint density at radius 2 is 2.00 bits per heavy atom. The third-order valence-corrected chi connectivity index (χ3v) is 4.28. The molecular formula is C20H15N3O2. The zero-order valence-electron chi connectivity index (χ0n) is 13.7. The van der Waals surface area contributed by atoms with E-state index in [0.717, 1.165) is 33.8 Å². The summed E-state index contributed by atoms with van der Waals surface area (Å²) in [6.07, 6.45) is -0.195. The van der Waals surface area contributed by atoms with Crippen LogP contribution in [0.15, 0.2) is 48.5 Å². The number of ether oxygens (including phenoxy) is 1. The molecule has 2 aromatic carbocycles. The minimum atomic E-state index is -0.285. The van der Waals surface area contributed by atoms with Crippen molar-refractivity contribution >= 4 is 5.78 Å². The number of carbonyl (C=O) groups excluding carboxylic acids is 1. The average molecular weight is 329 g/mol. The molecule has 0 unspecified atom stereocenters. The maximum Gasteiger partial charge on any atom is 0.197 e. The third kappa shape index (κ3) is 2.48. The van der Waals surface area contributed by atoms with Gasteiger partial charge in [0.1, 0.15) is 24.5 Å². The molecule has 3 aromatic rings. The highest BCUT2D eigenvalue weighted by atomic mass is 16.5. The van der Waals surface area contributed by atoms with Crippen molar-refractivity contribution in [3.8, 4) is 28.8 Å². The van der Waals surface area contributed by atoms with E-state index in [2.05, 4.69) is 5.10 Å². The van der Waals surface area contributed by atoms with Crippen molar-refractivity contribution in [2.24, 2.45) is 0 Å². The second-order valence-corrected chi connectivity index (χ2v) is 5.97. The number of carbonyl (C=O) groups is 1. The molecule has 1 aliphatic heterocycles. The Morgan fingerprint density at radius 3 is 2.76 bits per heavy atom. The molecule has 4 rings (SSSR count). The predicted molar refractivity (Wildman–Crippen MR) is 92.6 cm³/mol. The smallest absolute Gasteiger partial charge is 0.197 e. The van der Waals surface area contributed by atoms with Crippen molar-refractivity contribution < 1.29 is 9.53 Å². The van der Waals surface area contributed by atoms with Crippen LogP contribution in [0.5, 0.6) is 5.75 Å². The topological polar surface area (TPSA) is 67.9 Å². The van der Waals surface area contributed by atoms with Crippen LogP contribution < -0.4 is 4.74 Å². The van der Waals surface area contributed by atoms with Crippen molar-refractivity contribution in [3.63, 3.8) is 0 Å². The first kappa shape index (κ1) is 15.2. The van der Waals surface area contributed by atoms with Crippen molar-refractivity contribution in [1.29, 1.82) is 5.26 Å². The van der Waals surface area contributed by atoms with E-state index < -0.39 is 0 Å². The number of benzene rings is 2. The Bertz CT molecular complexity index is 1010. The lowest BCUT2D eigenvalue weighted by atomic mass is 10.0. The molecule has 0 bridgehead atoms. The molecule has 25 heavy (non-hydrogen) atoms. The van der Waals surface area contributed by atoms with Gasteiger partial charge in [0, 0.05) is 11.1 Å². The molecule has 1 aliphatic rings. The van der Waals surface area contributed by atoms with Gasteiger partial charge in [-0.05, 0) is 31.2 Å². The Kier molecular flexibility index (Phi) is 3.58. The molecule has 122 valence electrons. The average Bonchev–Trinajstić information content (AvgIpc) is 3.03. The number of fused-ring (bicyclic) bond motifs is 3. The summed E-state index contributed by atoms with van der Waals surface area (Å²) in [5.41, 5.74) is 4.81. The standard InChI is InChI=1S/C20H15N3O2/c1-13-6-8-14(9-7-13)23-20-15-4-2-3-5-18(15)25-12-16(20)19(22-23)17(24)10-11-21/h2-9H,10,12H2,1H3. The Morgan fingerprint density at radius 1 is 1.24 bits per heavy atom. The monoisotopic (exact) mass is 329 g/mol. The van der Waals surface area contributed by atoms with Gasteiger partial charge in [0.25, 0.3) is 0 Å². The summed E-state index contributed by atoms with van der Waals surface area (Å²) in [4.78, 5) is 12.4. The van der Waals surface area contributed by atoms with Gasteiger partial charge in [0.05, 0.1) is 17.5 Å². The first-order valence-corrected chi connectivity index (χ1v) is 8.00. The summed E-state index contributed by atoms with van der Waals surface area (Å²) < 4.78 is 7.58. The second-order valence-electron chi connectivity index (χ2n) is 5.97. The number of ketones is 1. The molecule has 5 heteroatoms. The molecule has 2 heterocycles. The van der Waals surface area contributed by atoms with Gasteiger partial charge in [-0.2, -0.15) is 10.4 Å². The number of Topliss-reactive ketones (excluding diaryl/α,β-unsaturated/α-hetero) is 1. The van der Waals surface area contributed by atoms with Crippen LogP contribution >= 0.6 is 0 Å². The van der Waals surface area contributed by atoms with Crippen LogP contribution in [0.2, 0.25) is 0 Å². The normalized spacial score (nSPS) is 11.8. The van der Waals surface area contributed by atoms with Gasteiger partial charge in [-0.1, -0.05) is 29.8 Å². The van der Waals surface area contributed by atoms with Crippen LogP contribution in [0.1, 0.15) is 28.0 Å². The summed E-state index contributed by atoms with van der Waals surface area (Å²) in [7, 11) is 0. The molecule has 0 atom stereocenters. The highest BCUT2D eigenvalue weighted by molar-refractivity contribution is 5.99. The van der Waals surface area contributed by atoms with Gasteiger partial charge in [-0.25, -0.2) is 4.68 Å². The molecular weight excluding hydrogens is 314 g/mol.